The Morgan fingerprint density at radius 2 is 2.00 bits per heavy atom. The number of allylic oxidation sites excluding steroid dienone is 3. The van der Waals surface area contributed by atoms with Gasteiger partial charge in [-0.1, -0.05) is 45.1 Å². The Labute approximate surface area is 169 Å². The second-order valence-corrected chi connectivity index (χ2v) is 10.4. The molecule has 0 radical (unpaired) electrons. The molecule has 5 aliphatic rings. The van der Waals surface area contributed by atoms with Crippen molar-refractivity contribution in [3.63, 3.8) is 0 Å². The van der Waals surface area contributed by atoms with Crippen LogP contribution >= 0.6 is 0 Å². The zero-order valence-corrected chi connectivity index (χ0v) is 17.7. The van der Waals surface area contributed by atoms with Gasteiger partial charge in [0.2, 0.25) is 0 Å². The van der Waals surface area contributed by atoms with Crippen molar-refractivity contribution in [2.45, 2.75) is 58.9 Å². The third kappa shape index (κ3) is 3.04. The predicted molar refractivity (Wildman–Crippen MR) is 112 cm³/mol. The van der Waals surface area contributed by atoms with Crippen molar-refractivity contribution in [2.75, 3.05) is 19.6 Å². The molecule has 4 nitrogen and oxygen atoms in total. The van der Waals surface area contributed by atoms with E-state index in [2.05, 4.69) is 25.7 Å². The van der Waals surface area contributed by atoms with Gasteiger partial charge in [-0.15, -0.1) is 0 Å². The Bertz CT molecular complexity index is 709. The van der Waals surface area contributed by atoms with Gasteiger partial charge in [0.05, 0.1) is 18.0 Å². The number of hydrogen-bond acceptors (Lipinski definition) is 4. The fourth-order valence-electron chi connectivity index (χ4n) is 6.64. The molecule has 3 saturated carbocycles. The number of Topliss-reactive ketones (excluding diaryl/α,β-unsaturated/α-hetero) is 2. The van der Waals surface area contributed by atoms with Crippen molar-refractivity contribution in [3.05, 3.63) is 24.3 Å². The summed E-state index contributed by atoms with van der Waals surface area (Å²) in [5.41, 5.74) is 5.85. The molecule has 4 fully saturated rings. The van der Waals surface area contributed by atoms with Crippen LogP contribution in [0, 0.1) is 34.5 Å². The lowest BCUT2D eigenvalue weighted by atomic mass is 9.43. The molecule has 1 saturated heterocycles. The highest BCUT2D eigenvalue weighted by Crippen LogP contribution is 2.63. The predicted octanol–water partition coefficient (Wildman–Crippen LogP) is 3.37. The van der Waals surface area contributed by atoms with Crippen LogP contribution in [0.3, 0.4) is 0 Å². The van der Waals surface area contributed by atoms with E-state index in [1.54, 1.807) is 0 Å². The van der Waals surface area contributed by atoms with Gasteiger partial charge in [-0.3, -0.25) is 14.5 Å². The summed E-state index contributed by atoms with van der Waals surface area (Å²) in [5.74, 6) is 2.58. The minimum atomic E-state index is -0.588. The molecule has 0 aromatic rings. The second kappa shape index (κ2) is 7.21. The topological polar surface area (TPSA) is 63.4 Å². The number of carbonyl (C=O) groups is 2. The first-order valence-electron chi connectivity index (χ1n) is 11.2. The third-order valence-corrected chi connectivity index (χ3v) is 8.79. The Hall–Kier alpha value is -1.26. The Morgan fingerprint density at radius 1 is 1.21 bits per heavy atom. The van der Waals surface area contributed by atoms with Gasteiger partial charge in [-0.05, 0) is 61.8 Å². The van der Waals surface area contributed by atoms with Gasteiger partial charge in [-0.2, -0.15) is 0 Å². The molecular formula is C24H36N2O2. The molecule has 6 atom stereocenters. The summed E-state index contributed by atoms with van der Waals surface area (Å²) in [6, 6.07) is -0.159. The maximum atomic E-state index is 13.4. The number of rotatable bonds is 6. The van der Waals surface area contributed by atoms with Gasteiger partial charge < -0.3 is 5.73 Å². The highest BCUT2D eigenvalue weighted by molar-refractivity contribution is 5.93. The lowest BCUT2D eigenvalue weighted by Gasteiger charge is -2.61. The summed E-state index contributed by atoms with van der Waals surface area (Å²) in [5, 5.41) is 0. The normalized spacial score (nSPS) is 41.6. The zero-order chi connectivity index (χ0) is 20.1. The summed E-state index contributed by atoms with van der Waals surface area (Å²) in [6.45, 7) is 8.64. The van der Waals surface area contributed by atoms with Gasteiger partial charge >= 0.3 is 0 Å². The number of carbonyl (C=O) groups excluding carboxylic acids is 2. The Kier molecular flexibility index (Phi) is 5.16. The zero-order valence-electron chi connectivity index (χ0n) is 17.7. The highest BCUT2D eigenvalue weighted by Gasteiger charge is 2.57. The molecular weight excluding hydrogens is 348 g/mol. The van der Waals surface area contributed by atoms with Crippen molar-refractivity contribution in [1.29, 1.82) is 0 Å². The van der Waals surface area contributed by atoms with Gasteiger partial charge in [0.15, 0.2) is 5.78 Å². The summed E-state index contributed by atoms with van der Waals surface area (Å²) in [6.07, 6.45) is 12.8. The van der Waals surface area contributed by atoms with E-state index in [4.69, 9.17) is 5.73 Å². The van der Waals surface area contributed by atoms with Crippen molar-refractivity contribution in [3.8, 4) is 0 Å². The average Bonchev–Trinajstić information content (AvgIpc) is 3.15. The Balaban J connectivity index is 1.43. The molecule has 1 heterocycles. The number of fused-ring (bicyclic) bond motifs is 2. The molecule has 0 aromatic heterocycles. The van der Waals surface area contributed by atoms with Crippen LogP contribution in [-0.2, 0) is 9.59 Å². The lowest BCUT2D eigenvalue weighted by Crippen LogP contribution is -2.57. The first-order chi connectivity index (χ1) is 13.3. The number of nitrogens with zero attached hydrogens (tertiary/aromatic N) is 1. The largest absolute Gasteiger partial charge is 0.329 e. The number of ketones is 2. The molecule has 2 N–H and O–H groups in total. The summed E-state index contributed by atoms with van der Waals surface area (Å²) in [7, 11) is 0. The summed E-state index contributed by atoms with van der Waals surface area (Å²) < 4.78 is 0. The molecule has 5 rings (SSSR count). The molecule has 0 aromatic carbocycles. The fraction of sp³-hybridized carbons (Fsp3) is 0.750. The van der Waals surface area contributed by atoms with E-state index < -0.39 is 5.41 Å². The number of hydrogen-bond donors (Lipinski definition) is 1. The molecule has 2 bridgehead atoms. The van der Waals surface area contributed by atoms with Crippen molar-refractivity contribution in [2.24, 2.45) is 40.2 Å². The molecule has 4 heteroatoms. The standard InChI is InChI=1S/C24H36N2O2/c1-16-18(12-17-13-19(16)23(17,2)3)21(27)14-26-11-7-8-20(26)22(28)24(15-25)9-5-4-6-10-24/h4-6,9,16-20H,7-8,10-15,25H2,1-3H3/t16?,17?,18?,19?,20-,24?/m0/s1. The maximum absolute atomic E-state index is 13.4. The van der Waals surface area contributed by atoms with E-state index in [9.17, 15) is 9.59 Å². The average molecular weight is 385 g/mol. The van der Waals surface area contributed by atoms with E-state index in [0.29, 0.717) is 48.5 Å². The number of likely N-dealkylation sites (tertiary alicyclic amines) is 1. The van der Waals surface area contributed by atoms with Crippen LogP contribution in [-0.4, -0.2) is 42.1 Å². The van der Waals surface area contributed by atoms with Crippen LogP contribution < -0.4 is 5.73 Å². The van der Waals surface area contributed by atoms with E-state index in [1.807, 2.05) is 24.3 Å². The molecule has 4 aliphatic carbocycles. The van der Waals surface area contributed by atoms with Crippen LogP contribution in [0.5, 0.6) is 0 Å². The van der Waals surface area contributed by atoms with Crippen LogP contribution in [0.25, 0.3) is 0 Å². The van der Waals surface area contributed by atoms with Crippen molar-refractivity contribution >= 4 is 11.6 Å². The van der Waals surface area contributed by atoms with Crippen LogP contribution in [0.15, 0.2) is 24.3 Å². The summed E-state index contributed by atoms with van der Waals surface area (Å²) >= 11 is 0. The van der Waals surface area contributed by atoms with Gasteiger partial charge in [0.25, 0.3) is 0 Å². The first-order valence-corrected chi connectivity index (χ1v) is 11.2. The van der Waals surface area contributed by atoms with Crippen molar-refractivity contribution in [1.82, 2.24) is 4.90 Å². The van der Waals surface area contributed by atoms with E-state index in [1.165, 1.54) is 6.42 Å². The third-order valence-electron chi connectivity index (χ3n) is 8.79. The molecule has 28 heavy (non-hydrogen) atoms. The quantitative estimate of drug-likeness (QED) is 0.763. The van der Waals surface area contributed by atoms with Crippen LogP contribution in [0.1, 0.15) is 52.9 Å². The lowest BCUT2D eigenvalue weighted by molar-refractivity contribution is -0.153. The SMILES string of the molecule is CC1C(C(=O)CN2CCC[C@H]2C(=O)C2(CN)C=CC=CC2)CC2CC1C2(C)C. The molecule has 0 amide bonds. The van der Waals surface area contributed by atoms with Crippen LogP contribution in [0.2, 0.25) is 0 Å². The van der Waals surface area contributed by atoms with E-state index in [0.717, 1.165) is 25.8 Å². The second-order valence-electron chi connectivity index (χ2n) is 10.4. The highest BCUT2D eigenvalue weighted by atomic mass is 16.1. The first kappa shape index (κ1) is 20.0. The Morgan fingerprint density at radius 3 is 2.61 bits per heavy atom. The van der Waals surface area contributed by atoms with Gasteiger partial charge in [0, 0.05) is 12.5 Å². The summed E-state index contributed by atoms with van der Waals surface area (Å²) in [4.78, 5) is 28.8. The molecule has 154 valence electrons. The van der Waals surface area contributed by atoms with E-state index >= 15 is 0 Å². The van der Waals surface area contributed by atoms with Gasteiger partial charge in [0.1, 0.15) is 5.78 Å². The van der Waals surface area contributed by atoms with Crippen molar-refractivity contribution < 1.29 is 9.59 Å². The molecule has 1 aliphatic heterocycles. The minimum absolute atomic E-state index is 0.159. The minimum Gasteiger partial charge on any atom is -0.329 e. The smallest absolute Gasteiger partial charge is 0.161 e. The monoisotopic (exact) mass is 384 g/mol. The van der Waals surface area contributed by atoms with E-state index in [-0.39, 0.29) is 17.7 Å². The molecule has 5 unspecified atom stereocenters. The van der Waals surface area contributed by atoms with Crippen LogP contribution in [0.4, 0.5) is 0 Å². The number of nitrogens with two attached hydrogens (primary N) is 1. The van der Waals surface area contributed by atoms with Gasteiger partial charge in [-0.25, -0.2) is 0 Å². The maximum Gasteiger partial charge on any atom is 0.161 e. The molecule has 0 spiro atoms. The fourth-order valence-corrected chi connectivity index (χ4v) is 6.64.